The van der Waals surface area contributed by atoms with Gasteiger partial charge < -0.3 is 14.9 Å². The molecule has 1 fully saturated rings. The second-order valence-corrected chi connectivity index (χ2v) is 4.26. The molecule has 1 rings (SSSR count). The van der Waals surface area contributed by atoms with Crippen LogP contribution in [0.25, 0.3) is 0 Å². The first-order valence-electron chi connectivity index (χ1n) is 5.59. The largest absolute Gasteiger partial charge is 0.481 e. The van der Waals surface area contributed by atoms with Gasteiger partial charge in [-0.1, -0.05) is 12.8 Å². The molecular weight excluding hydrogens is 196 g/mol. The van der Waals surface area contributed by atoms with E-state index in [2.05, 4.69) is 0 Å². The van der Waals surface area contributed by atoms with Gasteiger partial charge in [-0.05, 0) is 26.2 Å². The van der Waals surface area contributed by atoms with E-state index in [1.54, 1.807) is 0 Å². The van der Waals surface area contributed by atoms with Crippen LogP contribution in [-0.2, 0) is 9.53 Å². The van der Waals surface area contributed by atoms with Crippen molar-refractivity contribution in [2.45, 2.75) is 45.1 Å². The van der Waals surface area contributed by atoms with Gasteiger partial charge in [-0.25, -0.2) is 0 Å². The lowest BCUT2D eigenvalue weighted by molar-refractivity contribution is -0.152. The van der Waals surface area contributed by atoms with Crippen molar-refractivity contribution in [2.24, 2.45) is 5.41 Å². The lowest BCUT2D eigenvalue weighted by atomic mass is 9.77. The summed E-state index contributed by atoms with van der Waals surface area (Å²) in [5.74, 6) is -0.739. The van der Waals surface area contributed by atoms with Crippen LogP contribution in [-0.4, -0.2) is 35.5 Å². The molecule has 1 saturated heterocycles. The minimum atomic E-state index is -0.739. The summed E-state index contributed by atoms with van der Waals surface area (Å²) in [6, 6.07) is 0. The molecule has 4 nitrogen and oxygen atoms in total. The first-order valence-corrected chi connectivity index (χ1v) is 5.59. The monoisotopic (exact) mass is 216 g/mol. The van der Waals surface area contributed by atoms with Gasteiger partial charge in [-0.3, -0.25) is 4.79 Å². The zero-order valence-electron chi connectivity index (χ0n) is 9.24. The SMILES string of the molecule is CC1OCCC1(CCCCCO)C(=O)O. The van der Waals surface area contributed by atoms with Crippen LogP contribution in [0.3, 0.4) is 0 Å². The molecule has 88 valence electrons. The van der Waals surface area contributed by atoms with Crippen LogP contribution in [0.1, 0.15) is 39.0 Å². The van der Waals surface area contributed by atoms with E-state index < -0.39 is 11.4 Å². The Kier molecular flexibility index (Phi) is 4.54. The minimum absolute atomic E-state index is 0.187. The maximum Gasteiger partial charge on any atom is 0.312 e. The molecule has 1 aliphatic rings. The normalized spacial score (nSPS) is 30.7. The summed E-state index contributed by atoms with van der Waals surface area (Å²) in [5.41, 5.74) is -0.685. The standard InChI is InChI=1S/C11H20O4/c1-9-11(10(13)14,6-8-15-9)5-3-2-4-7-12/h9,12H,2-8H2,1H3,(H,13,14). The van der Waals surface area contributed by atoms with Crippen molar-refractivity contribution >= 4 is 5.97 Å². The molecule has 0 bridgehead atoms. The summed E-state index contributed by atoms with van der Waals surface area (Å²) >= 11 is 0. The van der Waals surface area contributed by atoms with E-state index >= 15 is 0 Å². The van der Waals surface area contributed by atoms with E-state index in [9.17, 15) is 9.90 Å². The molecule has 0 saturated carbocycles. The highest BCUT2D eigenvalue weighted by Gasteiger charge is 2.47. The number of aliphatic hydroxyl groups excluding tert-OH is 1. The Morgan fingerprint density at radius 3 is 2.67 bits per heavy atom. The van der Waals surface area contributed by atoms with E-state index in [1.165, 1.54) is 0 Å². The van der Waals surface area contributed by atoms with Crippen molar-refractivity contribution < 1.29 is 19.7 Å². The van der Waals surface area contributed by atoms with Gasteiger partial charge in [0.05, 0.1) is 11.5 Å². The zero-order valence-corrected chi connectivity index (χ0v) is 9.24. The number of ether oxygens (including phenoxy) is 1. The summed E-state index contributed by atoms with van der Waals surface area (Å²) in [6.45, 7) is 2.58. The van der Waals surface area contributed by atoms with Gasteiger partial charge in [-0.15, -0.1) is 0 Å². The highest BCUT2D eigenvalue weighted by molar-refractivity contribution is 5.75. The van der Waals surface area contributed by atoms with Crippen LogP contribution in [0.2, 0.25) is 0 Å². The molecule has 0 amide bonds. The predicted octanol–water partition coefficient (Wildman–Crippen LogP) is 1.42. The second-order valence-electron chi connectivity index (χ2n) is 4.26. The topological polar surface area (TPSA) is 66.8 Å². The van der Waals surface area contributed by atoms with Crippen LogP contribution in [0.15, 0.2) is 0 Å². The first kappa shape index (κ1) is 12.5. The molecule has 15 heavy (non-hydrogen) atoms. The van der Waals surface area contributed by atoms with Crippen molar-refractivity contribution in [3.8, 4) is 0 Å². The molecule has 0 radical (unpaired) electrons. The highest BCUT2D eigenvalue weighted by Crippen LogP contribution is 2.39. The third-order valence-electron chi connectivity index (χ3n) is 3.40. The average molecular weight is 216 g/mol. The van der Waals surface area contributed by atoms with Crippen LogP contribution in [0.4, 0.5) is 0 Å². The van der Waals surface area contributed by atoms with Crippen molar-refractivity contribution in [1.29, 1.82) is 0 Å². The number of aliphatic hydroxyl groups is 1. The fraction of sp³-hybridized carbons (Fsp3) is 0.909. The van der Waals surface area contributed by atoms with Crippen molar-refractivity contribution in [3.05, 3.63) is 0 Å². The summed E-state index contributed by atoms with van der Waals surface area (Å²) in [6.07, 6.45) is 3.57. The Morgan fingerprint density at radius 2 is 2.20 bits per heavy atom. The molecule has 1 heterocycles. The van der Waals surface area contributed by atoms with Gasteiger partial charge in [0.15, 0.2) is 0 Å². The van der Waals surface area contributed by atoms with Gasteiger partial charge in [0.25, 0.3) is 0 Å². The van der Waals surface area contributed by atoms with Gasteiger partial charge in [0.2, 0.25) is 0 Å². The van der Waals surface area contributed by atoms with E-state index in [0.29, 0.717) is 19.4 Å². The maximum absolute atomic E-state index is 11.3. The molecule has 0 spiro atoms. The van der Waals surface area contributed by atoms with Gasteiger partial charge >= 0.3 is 5.97 Å². The summed E-state index contributed by atoms with van der Waals surface area (Å²) in [5, 5.41) is 17.9. The van der Waals surface area contributed by atoms with E-state index in [1.807, 2.05) is 6.92 Å². The summed E-state index contributed by atoms with van der Waals surface area (Å²) in [7, 11) is 0. The Morgan fingerprint density at radius 1 is 1.47 bits per heavy atom. The Hall–Kier alpha value is -0.610. The van der Waals surface area contributed by atoms with Crippen LogP contribution < -0.4 is 0 Å². The lowest BCUT2D eigenvalue weighted by Crippen LogP contribution is -2.37. The number of carbonyl (C=O) groups is 1. The van der Waals surface area contributed by atoms with Gasteiger partial charge in [0, 0.05) is 13.2 Å². The molecule has 2 atom stereocenters. The van der Waals surface area contributed by atoms with E-state index in [4.69, 9.17) is 9.84 Å². The number of unbranched alkanes of at least 4 members (excludes halogenated alkanes) is 2. The zero-order chi connectivity index (χ0) is 11.3. The van der Waals surface area contributed by atoms with Crippen LogP contribution >= 0.6 is 0 Å². The highest BCUT2D eigenvalue weighted by atomic mass is 16.5. The third-order valence-corrected chi connectivity index (χ3v) is 3.40. The number of rotatable bonds is 6. The van der Waals surface area contributed by atoms with Crippen molar-refractivity contribution in [2.75, 3.05) is 13.2 Å². The molecule has 2 unspecified atom stereocenters. The van der Waals surface area contributed by atoms with Crippen molar-refractivity contribution in [1.82, 2.24) is 0 Å². The predicted molar refractivity (Wildman–Crippen MR) is 55.7 cm³/mol. The summed E-state index contributed by atoms with van der Waals surface area (Å²) < 4.78 is 5.36. The molecule has 4 heteroatoms. The van der Waals surface area contributed by atoms with Gasteiger partial charge in [-0.2, -0.15) is 0 Å². The maximum atomic E-state index is 11.3. The molecule has 0 aliphatic carbocycles. The molecule has 1 aliphatic heterocycles. The lowest BCUT2D eigenvalue weighted by Gasteiger charge is -2.27. The van der Waals surface area contributed by atoms with E-state index in [-0.39, 0.29) is 12.7 Å². The first-order chi connectivity index (χ1) is 7.13. The van der Waals surface area contributed by atoms with Crippen LogP contribution in [0, 0.1) is 5.41 Å². The van der Waals surface area contributed by atoms with E-state index in [0.717, 1.165) is 19.3 Å². The number of aliphatic carboxylic acids is 1. The van der Waals surface area contributed by atoms with Gasteiger partial charge in [0.1, 0.15) is 0 Å². The minimum Gasteiger partial charge on any atom is -0.481 e. The smallest absolute Gasteiger partial charge is 0.312 e. The number of carboxylic acids is 1. The Balaban J connectivity index is 2.47. The molecule has 0 aromatic rings. The number of hydrogen-bond acceptors (Lipinski definition) is 3. The molecule has 2 N–H and O–H groups in total. The van der Waals surface area contributed by atoms with Crippen LogP contribution in [0.5, 0.6) is 0 Å². The molecule has 0 aromatic carbocycles. The fourth-order valence-corrected chi connectivity index (χ4v) is 2.23. The third kappa shape index (κ3) is 2.69. The van der Waals surface area contributed by atoms with Crippen molar-refractivity contribution in [3.63, 3.8) is 0 Å². The fourth-order valence-electron chi connectivity index (χ4n) is 2.23. The second kappa shape index (κ2) is 5.47. The summed E-state index contributed by atoms with van der Waals surface area (Å²) in [4.78, 5) is 11.3. The number of hydrogen-bond donors (Lipinski definition) is 2. The quantitative estimate of drug-likeness (QED) is 0.659. The molecular formula is C11H20O4. The Bertz CT molecular complexity index is 217. The Labute approximate surface area is 90.2 Å². The average Bonchev–Trinajstić information content (AvgIpc) is 2.56. The molecule has 0 aromatic heterocycles. The number of carboxylic acid groups (broad SMARTS) is 1.